The molecule has 0 amide bonds. The fourth-order valence-corrected chi connectivity index (χ4v) is 5.21. The first-order valence-corrected chi connectivity index (χ1v) is 10.0. The highest BCUT2D eigenvalue weighted by Crippen LogP contribution is 2.34. The molecular formula is C19H25N3O2S. The second-order valence-corrected chi connectivity index (χ2v) is 8.71. The molecule has 5 nitrogen and oxygen atoms in total. The number of anilines is 1. The van der Waals surface area contributed by atoms with E-state index in [0.717, 1.165) is 12.0 Å². The number of hydrogen-bond donors (Lipinski definition) is 2. The molecule has 0 saturated carbocycles. The van der Waals surface area contributed by atoms with E-state index < -0.39 is 10.0 Å². The van der Waals surface area contributed by atoms with Gasteiger partial charge in [-0.25, -0.2) is 8.42 Å². The van der Waals surface area contributed by atoms with Gasteiger partial charge in [0.25, 0.3) is 0 Å². The molecule has 2 aromatic rings. The number of nitrogens with zero attached hydrogens (tertiary/aromatic N) is 1. The summed E-state index contributed by atoms with van der Waals surface area (Å²) in [6.07, 6.45) is 1.38. The Hall–Kier alpha value is -1.89. The van der Waals surface area contributed by atoms with Crippen molar-refractivity contribution in [3.8, 4) is 0 Å². The Labute approximate surface area is 149 Å². The van der Waals surface area contributed by atoms with E-state index >= 15 is 0 Å². The summed E-state index contributed by atoms with van der Waals surface area (Å²) in [6, 6.07) is 15.0. The highest BCUT2D eigenvalue weighted by molar-refractivity contribution is 7.89. The van der Waals surface area contributed by atoms with E-state index in [1.807, 2.05) is 37.3 Å². The van der Waals surface area contributed by atoms with Crippen molar-refractivity contribution in [1.82, 2.24) is 4.31 Å². The largest absolute Gasteiger partial charge is 0.399 e. The summed E-state index contributed by atoms with van der Waals surface area (Å²) < 4.78 is 27.3. The molecule has 1 aliphatic rings. The molecule has 6 heteroatoms. The highest BCUT2D eigenvalue weighted by atomic mass is 32.2. The van der Waals surface area contributed by atoms with Gasteiger partial charge < -0.3 is 11.5 Å². The van der Waals surface area contributed by atoms with Crippen LogP contribution in [0.15, 0.2) is 53.4 Å². The summed E-state index contributed by atoms with van der Waals surface area (Å²) in [5.74, 6) is 0.118. The van der Waals surface area contributed by atoms with Gasteiger partial charge in [0.05, 0.1) is 4.90 Å². The van der Waals surface area contributed by atoms with Crippen molar-refractivity contribution in [1.29, 1.82) is 0 Å². The van der Waals surface area contributed by atoms with Crippen LogP contribution in [0.25, 0.3) is 0 Å². The minimum absolute atomic E-state index is 0.0688. The molecule has 0 radical (unpaired) electrons. The Balaban J connectivity index is 1.70. The monoisotopic (exact) mass is 359 g/mol. The smallest absolute Gasteiger partial charge is 0.243 e. The Bertz CT molecular complexity index is 837. The van der Waals surface area contributed by atoms with E-state index in [1.54, 1.807) is 22.5 Å². The van der Waals surface area contributed by atoms with Crippen LogP contribution in [-0.4, -0.2) is 31.9 Å². The zero-order valence-corrected chi connectivity index (χ0v) is 15.2. The second-order valence-electron chi connectivity index (χ2n) is 6.80. The molecule has 2 atom stereocenters. The van der Waals surface area contributed by atoms with Crippen LogP contribution in [0, 0.1) is 0 Å². The zero-order valence-electron chi connectivity index (χ0n) is 14.4. The van der Waals surface area contributed by atoms with Gasteiger partial charge in [-0.05, 0) is 48.1 Å². The number of nitrogen functional groups attached to an aromatic ring is 1. The van der Waals surface area contributed by atoms with E-state index in [9.17, 15) is 8.42 Å². The summed E-state index contributed by atoms with van der Waals surface area (Å²) in [5.41, 5.74) is 14.6. The van der Waals surface area contributed by atoms with Crippen molar-refractivity contribution in [3.63, 3.8) is 0 Å². The second kappa shape index (κ2) is 7.15. The van der Waals surface area contributed by atoms with Crippen molar-refractivity contribution < 1.29 is 8.42 Å². The van der Waals surface area contributed by atoms with Gasteiger partial charge in [-0.15, -0.1) is 0 Å². The molecule has 0 bridgehead atoms. The SMILES string of the molecule is CC1CN(CC[C@@H](N)Cc2ccccc2)S(=O)(=O)c2ccc(N)cc21. The van der Waals surface area contributed by atoms with Crippen molar-refractivity contribution in [2.45, 2.75) is 36.6 Å². The molecule has 3 rings (SSSR count). The summed E-state index contributed by atoms with van der Waals surface area (Å²) >= 11 is 0. The summed E-state index contributed by atoms with van der Waals surface area (Å²) in [4.78, 5) is 0.372. The first-order chi connectivity index (χ1) is 11.9. The predicted octanol–water partition coefficient (Wildman–Crippen LogP) is 2.34. The lowest BCUT2D eigenvalue weighted by Crippen LogP contribution is -2.41. The third kappa shape index (κ3) is 3.86. The van der Waals surface area contributed by atoms with Crippen LogP contribution in [0.5, 0.6) is 0 Å². The minimum atomic E-state index is -3.48. The number of nitrogens with two attached hydrogens (primary N) is 2. The van der Waals surface area contributed by atoms with Gasteiger partial charge >= 0.3 is 0 Å². The highest BCUT2D eigenvalue weighted by Gasteiger charge is 2.34. The number of rotatable bonds is 5. The Morgan fingerprint density at radius 2 is 1.92 bits per heavy atom. The maximum absolute atomic E-state index is 12.9. The topological polar surface area (TPSA) is 89.4 Å². The van der Waals surface area contributed by atoms with Crippen LogP contribution < -0.4 is 11.5 Å². The molecule has 4 N–H and O–H groups in total. The van der Waals surface area contributed by atoms with E-state index in [4.69, 9.17) is 11.5 Å². The molecule has 0 aliphatic carbocycles. The van der Waals surface area contributed by atoms with Crippen molar-refractivity contribution >= 4 is 15.7 Å². The normalized spacial score (nSPS) is 20.8. The fourth-order valence-electron chi connectivity index (χ4n) is 3.37. The van der Waals surface area contributed by atoms with Gasteiger partial charge in [-0.3, -0.25) is 0 Å². The lowest BCUT2D eigenvalue weighted by molar-refractivity contribution is 0.359. The number of fused-ring (bicyclic) bond motifs is 1. The van der Waals surface area contributed by atoms with E-state index in [0.29, 0.717) is 30.1 Å². The van der Waals surface area contributed by atoms with Crippen LogP contribution in [-0.2, 0) is 16.4 Å². The zero-order chi connectivity index (χ0) is 18.0. The van der Waals surface area contributed by atoms with Crippen LogP contribution >= 0.6 is 0 Å². The maximum Gasteiger partial charge on any atom is 0.243 e. The number of sulfonamides is 1. The third-order valence-electron chi connectivity index (χ3n) is 4.75. The molecule has 0 fully saturated rings. The predicted molar refractivity (Wildman–Crippen MR) is 101 cm³/mol. The van der Waals surface area contributed by atoms with Crippen LogP contribution in [0.3, 0.4) is 0 Å². The molecule has 0 aromatic heterocycles. The molecule has 2 aromatic carbocycles. The van der Waals surface area contributed by atoms with E-state index in [1.165, 1.54) is 5.56 Å². The van der Waals surface area contributed by atoms with Gasteiger partial charge in [-0.1, -0.05) is 37.3 Å². The first kappa shape index (κ1) is 17.9. The minimum Gasteiger partial charge on any atom is -0.399 e. The van der Waals surface area contributed by atoms with Gasteiger partial charge in [0, 0.05) is 24.8 Å². The van der Waals surface area contributed by atoms with Crippen molar-refractivity contribution in [3.05, 3.63) is 59.7 Å². The lowest BCUT2D eigenvalue weighted by Gasteiger charge is -2.33. The third-order valence-corrected chi connectivity index (χ3v) is 6.69. The van der Waals surface area contributed by atoms with Gasteiger partial charge in [0.1, 0.15) is 0 Å². The Morgan fingerprint density at radius 3 is 2.64 bits per heavy atom. The van der Waals surface area contributed by atoms with Gasteiger partial charge in [0.2, 0.25) is 10.0 Å². The van der Waals surface area contributed by atoms with E-state index in [-0.39, 0.29) is 12.0 Å². The van der Waals surface area contributed by atoms with Crippen LogP contribution in [0.2, 0.25) is 0 Å². The van der Waals surface area contributed by atoms with Crippen molar-refractivity contribution in [2.75, 3.05) is 18.8 Å². The molecule has 134 valence electrons. The van der Waals surface area contributed by atoms with E-state index in [2.05, 4.69) is 0 Å². The molecule has 25 heavy (non-hydrogen) atoms. The standard InChI is InChI=1S/C19H25N3O2S/c1-14-13-22(10-9-17(21)11-15-5-3-2-4-6-15)25(23,24)19-8-7-16(20)12-18(14)19/h2-8,12,14,17H,9-11,13,20-21H2,1H3/t14?,17-/m1/s1. The average molecular weight is 359 g/mol. The van der Waals surface area contributed by atoms with Gasteiger partial charge in [-0.2, -0.15) is 4.31 Å². The average Bonchev–Trinajstić information content (AvgIpc) is 2.57. The molecule has 1 aliphatic heterocycles. The Morgan fingerprint density at radius 1 is 1.20 bits per heavy atom. The Kier molecular flexibility index (Phi) is 5.13. The number of benzene rings is 2. The maximum atomic E-state index is 12.9. The first-order valence-electron chi connectivity index (χ1n) is 8.57. The summed E-state index contributed by atoms with van der Waals surface area (Å²) in [7, 11) is -3.48. The molecule has 0 spiro atoms. The molecule has 0 saturated heterocycles. The van der Waals surface area contributed by atoms with Crippen LogP contribution in [0.1, 0.15) is 30.4 Å². The quantitative estimate of drug-likeness (QED) is 0.802. The van der Waals surface area contributed by atoms with Gasteiger partial charge in [0.15, 0.2) is 0 Å². The summed E-state index contributed by atoms with van der Waals surface area (Å²) in [6.45, 7) is 2.94. The summed E-state index contributed by atoms with van der Waals surface area (Å²) in [5, 5.41) is 0. The fraction of sp³-hybridized carbons (Fsp3) is 0.368. The number of hydrogen-bond acceptors (Lipinski definition) is 4. The molecule has 1 unspecified atom stereocenters. The van der Waals surface area contributed by atoms with Crippen LogP contribution in [0.4, 0.5) is 5.69 Å². The molecule has 1 heterocycles. The van der Waals surface area contributed by atoms with Crippen molar-refractivity contribution in [2.24, 2.45) is 5.73 Å². The lowest BCUT2D eigenvalue weighted by atomic mass is 10.00. The molecular weight excluding hydrogens is 334 g/mol.